The van der Waals surface area contributed by atoms with Crippen LogP contribution in [0.4, 0.5) is 4.39 Å². The van der Waals surface area contributed by atoms with E-state index in [4.69, 9.17) is 0 Å². The van der Waals surface area contributed by atoms with E-state index in [0.29, 0.717) is 18.9 Å². The lowest BCUT2D eigenvalue weighted by molar-refractivity contribution is -0.131. The highest BCUT2D eigenvalue weighted by atomic mass is 19.1. The molecule has 5 nitrogen and oxygen atoms in total. The summed E-state index contributed by atoms with van der Waals surface area (Å²) in [7, 11) is 0. The summed E-state index contributed by atoms with van der Waals surface area (Å²) in [5, 5.41) is 4.43. The number of aromatic nitrogens is 2. The van der Waals surface area contributed by atoms with E-state index in [0.717, 1.165) is 44.0 Å². The Balaban J connectivity index is 1.74. The fourth-order valence-corrected chi connectivity index (χ4v) is 3.57. The molecule has 0 radical (unpaired) electrons. The number of fused-ring (bicyclic) bond motifs is 1. The molecule has 3 rings (SSSR count). The van der Waals surface area contributed by atoms with E-state index in [1.54, 1.807) is 18.3 Å². The van der Waals surface area contributed by atoms with Crippen LogP contribution in [0.3, 0.4) is 0 Å². The Morgan fingerprint density at radius 3 is 2.62 bits per heavy atom. The van der Waals surface area contributed by atoms with Gasteiger partial charge in [0.1, 0.15) is 5.82 Å². The molecule has 2 aromatic rings. The van der Waals surface area contributed by atoms with Crippen LogP contribution in [0.15, 0.2) is 36.5 Å². The van der Waals surface area contributed by atoms with Gasteiger partial charge in [-0.05, 0) is 36.9 Å². The number of nitrogens with zero attached hydrogens (tertiary/aromatic N) is 4. The number of carbonyl (C=O) groups excluding carboxylic acids is 1. The normalized spacial score (nSPS) is 17.2. The fourth-order valence-electron chi connectivity index (χ4n) is 3.57. The minimum atomic E-state index is -0.279. The maximum Gasteiger partial charge on any atom is 0.227 e. The minimum absolute atomic E-state index is 0.0794. The minimum Gasteiger partial charge on any atom is -0.336 e. The van der Waals surface area contributed by atoms with Gasteiger partial charge in [-0.3, -0.25) is 9.48 Å². The van der Waals surface area contributed by atoms with Gasteiger partial charge in [0.25, 0.3) is 0 Å². The summed E-state index contributed by atoms with van der Waals surface area (Å²) in [6, 6.07) is 8.16. The van der Waals surface area contributed by atoms with Crippen LogP contribution in [0.25, 0.3) is 0 Å². The van der Waals surface area contributed by atoms with Gasteiger partial charge in [-0.2, -0.15) is 5.10 Å². The van der Waals surface area contributed by atoms with Crippen LogP contribution >= 0.6 is 0 Å². The molecule has 0 saturated carbocycles. The van der Waals surface area contributed by atoms with Crippen LogP contribution in [0, 0.1) is 11.7 Å². The summed E-state index contributed by atoms with van der Waals surface area (Å²) < 4.78 is 15.1. The Morgan fingerprint density at radius 2 is 1.92 bits per heavy atom. The van der Waals surface area contributed by atoms with Crippen molar-refractivity contribution in [3.05, 3.63) is 53.6 Å². The maximum atomic E-state index is 13.1. The molecule has 1 unspecified atom stereocenters. The number of hydrogen-bond donors (Lipinski definition) is 0. The first-order chi connectivity index (χ1) is 12.6. The lowest BCUT2D eigenvalue weighted by atomic mass is 10.1. The summed E-state index contributed by atoms with van der Waals surface area (Å²) in [6.45, 7) is 9.42. The monoisotopic (exact) mass is 358 g/mol. The molecule has 0 spiro atoms. The van der Waals surface area contributed by atoms with Gasteiger partial charge < -0.3 is 9.80 Å². The quantitative estimate of drug-likeness (QED) is 0.797. The molecule has 0 saturated heterocycles. The second kappa shape index (κ2) is 8.45. The molecule has 2 heterocycles. The summed E-state index contributed by atoms with van der Waals surface area (Å²) >= 11 is 0. The molecule has 1 aliphatic heterocycles. The predicted molar refractivity (Wildman–Crippen MR) is 99.0 cm³/mol. The van der Waals surface area contributed by atoms with E-state index in [-0.39, 0.29) is 11.7 Å². The van der Waals surface area contributed by atoms with Gasteiger partial charge in [0, 0.05) is 31.7 Å². The number of halogens is 1. The smallest absolute Gasteiger partial charge is 0.227 e. The van der Waals surface area contributed by atoms with E-state index in [1.807, 2.05) is 15.6 Å². The Labute approximate surface area is 154 Å². The first-order valence-corrected chi connectivity index (χ1v) is 9.34. The van der Waals surface area contributed by atoms with Crippen molar-refractivity contribution in [1.82, 2.24) is 19.6 Å². The van der Waals surface area contributed by atoms with Crippen molar-refractivity contribution in [3.63, 3.8) is 0 Å². The van der Waals surface area contributed by atoms with Gasteiger partial charge in [-0.15, -0.1) is 0 Å². The Bertz CT molecular complexity index is 724. The maximum absolute atomic E-state index is 13.1. The van der Waals surface area contributed by atoms with E-state index >= 15 is 0 Å². The standard InChI is InChI=1S/C20H27FN4O/c1-3-23(4-2)12-17-13-24(15-19-9-10-22-25(19)14-17)20(26)11-16-5-7-18(21)8-6-16/h5-10,17H,3-4,11-15H2,1-2H3. The van der Waals surface area contributed by atoms with Crippen molar-refractivity contribution in [3.8, 4) is 0 Å². The van der Waals surface area contributed by atoms with Gasteiger partial charge in [-0.1, -0.05) is 26.0 Å². The Morgan fingerprint density at radius 1 is 1.19 bits per heavy atom. The van der Waals surface area contributed by atoms with Crippen molar-refractivity contribution < 1.29 is 9.18 Å². The predicted octanol–water partition coefficient (Wildman–Crippen LogP) is 2.57. The molecule has 0 N–H and O–H groups in total. The van der Waals surface area contributed by atoms with Crippen LogP contribution in [0.1, 0.15) is 25.1 Å². The molecule has 6 heteroatoms. The second-order valence-electron chi connectivity index (χ2n) is 6.93. The number of hydrogen-bond acceptors (Lipinski definition) is 3. The van der Waals surface area contributed by atoms with Crippen LogP contribution < -0.4 is 0 Å². The first kappa shape index (κ1) is 18.6. The molecular formula is C20H27FN4O. The van der Waals surface area contributed by atoms with Crippen LogP contribution in [-0.4, -0.2) is 51.7 Å². The highest BCUT2D eigenvalue weighted by molar-refractivity contribution is 5.78. The van der Waals surface area contributed by atoms with Crippen molar-refractivity contribution in [1.29, 1.82) is 0 Å². The zero-order valence-electron chi connectivity index (χ0n) is 15.6. The highest BCUT2D eigenvalue weighted by Gasteiger charge is 2.26. The molecule has 26 heavy (non-hydrogen) atoms. The van der Waals surface area contributed by atoms with Gasteiger partial charge in [0.2, 0.25) is 5.91 Å². The second-order valence-corrected chi connectivity index (χ2v) is 6.93. The summed E-state index contributed by atoms with van der Waals surface area (Å²) in [5.74, 6) is 0.142. The van der Waals surface area contributed by atoms with E-state index in [1.165, 1.54) is 12.1 Å². The van der Waals surface area contributed by atoms with Crippen molar-refractivity contribution in [2.75, 3.05) is 26.2 Å². The molecule has 0 bridgehead atoms. The fraction of sp³-hybridized carbons (Fsp3) is 0.500. The molecule has 1 atom stereocenters. The molecule has 1 aromatic heterocycles. The number of benzene rings is 1. The molecular weight excluding hydrogens is 331 g/mol. The third-order valence-corrected chi connectivity index (χ3v) is 5.10. The third kappa shape index (κ3) is 4.49. The number of carbonyl (C=O) groups is 1. The third-order valence-electron chi connectivity index (χ3n) is 5.10. The summed E-state index contributed by atoms with van der Waals surface area (Å²) in [6.07, 6.45) is 2.10. The SMILES string of the molecule is CCN(CC)CC1CN(C(=O)Cc2ccc(F)cc2)Cc2ccnn2C1. The van der Waals surface area contributed by atoms with E-state index in [9.17, 15) is 9.18 Å². The summed E-state index contributed by atoms with van der Waals surface area (Å²) in [5.41, 5.74) is 1.91. The van der Waals surface area contributed by atoms with E-state index < -0.39 is 0 Å². The van der Waals surface area contributed by atoms with Gasteiger partial charge in [0.15, 0.2) is 0 Å². The molecule has 1 amide bonds. The van der Waals surface area contributed by atoms with Gasteiger partial charge >= 0.3 is 0 Å². The van der Waals surface area contributed by atoms with Crippen LogP contribution in [0.2, 0.25) is 0 Å². The lowest BCUT2D eigenvalue weighted by Gasteiger charge is -2.28. The van der Waals surface area contributed by atoms with E-state index in [2.05, 4.69) is 23.8 Å². The number of rotatable bonds is 6. The summed E-state index contributed by atoms with van der Waals surface area (Å²) in [4.78, 5) is 17.2. The zero-order valence-corrected chi connectivity index (χ0v) is 15.6. The molecule has 0 aliphatic carbocycles. The molecule has 1 aromatic carbocycles. The first-order valence-electron chi connectivity index (χ1n) is 9.34. The molecule has 1 aliphatic rings. The van der Waals surface area contributed by atoms with Gasteiger partial charge in [-0.25, -0.2) is 4.39 Å². The average molecular weight is 358 g/mol. The molecule has 140 valence electrons. The lowest BCUT2D eigenvalue weighted by Crippen LogP contribution is -2.39. The average Bonchev–Trinajstić information content (AvgIpc) is 2.99. The van der Waals surface area contributed by atoms with Crippen molar-refractivity contribution in [2.45, 2.75) is 33.4 Å². The Kier molecular flexibility index (Phi) is 6.04. The van der Waals surface area contributed by atoms with Crippen LogP contribution in [0.5, 0.6) is 0 Å². The van der Waals surface area contributed by atoms with Crippen molar-refractivity contribution >= 4 is 5.91 Å². The zero-order chi connectivity index (χ0) is 18.5. The van der Waals surface area contributed by atoms with Gasteiger partial charge in [0.05, 0.1) is 18.7 Å². The molecule has 0 fully saturated rings. The number of amides is 1. The topological polar surface area (TPSA) is 41.4 Å². The largest absolute Gasteiger partial charge is 0.336 e. The van der Waals surface area contributed by atoms with Crippen LogP contribution in [-0.2, 0) is 24.3 Å². The highest BCUT2D eigenvalue weighted by Crippen LogP contribution is 2.18. The Hall–Kier alpha value is -2.21. The van der Waals surface area contributed by atoms with Crippen molar-refractivity contribution in [2.24, 2.45) is 5.92 Å².